The van der Waals surface area contributed by atoms with E-state index in [-0.39, 0.29) is 67.4 Å². The largest absolute Gasteiger partial charge is 1.00 e. The summed E-state index contributed by atoms with van der Waals surface area (Å²) in [6.45, 7) is 3.71. The summed E-state index contributed by atoms with van der Waals surface area (Å²) in [5.74, 6) is -0.112. The summed E-state index contributed by atoms with van der Waals surface area (Å²) in [4.78, 5) is 42.9. The van der Waals surface area contributed by atoms with Gasteiger partial charge in [0.1, 0.15) is 46.9 Å². The number of furan rings is 2. The zero-order valence-electron chi connectivity index (χ0n) is 36.3. The third-order valence-corrected chi connectivity index (χ3v) is 12.9. The van der Waals surface area contributed by atoms with Crippen molar-refractivity contribution in [2.45, 2.75) is 38.9 Å². The van der Waals surface area contributed by atoms with Crippen LogP contribution < -0.4 is 33.0 Å². The Morgan fingerprint density at radius 2 is 1.12 bits per heavy atom. The van der Waals surface area contributed by atoms with E-state index >= 15 is 0 Å². The van der Waals surface area contributed by atoms with Crippen molar-refractivity contribution < 1.29 is 84.4 Å². The van der Waals surface area contributed by atoms with Gasteiger partial charge in [-0.25, -0.2) is 28.1 Å². The van der Waals surface area contributed by atoms with E-state index in [1.807, 2.05) is 0 Å². The zero-order valence-corrected chi connectivity index (χ0v) is 40.4. The molecule has 0 aliphatic carbocycles. The number of carbonyl (C=O) groups is 2. The maximum absolute atomic E-state index is 13.5. The van der Waals surface area contributed by atoms with Gasteiger partial charge in [0.25, 0.3) is 0 Å². The molecule has 356 valence electrons. The molecule has 20 nitrogen and oxygen atoms in total. The predicted molar refractivity (Wildman–Crippen MR) is 241 cm³/mol. The summed E-state index contributed by atoms with van der Waals surface area (Å²) in [5, 5.41) is 30.8. The Balaban J connectivity index is 0.000000556. The minimum Gasteiger partial charge on any atom is -0.849 e. The number of halogens is 3. The van der Waals surface area contributed by atoms with Crippen molar-refractivity contribution >= 4 is 72.8 Å². The molecular weight excluding hydrogens is 968 g/mol. The van der Waals surface area contributed by atoms with Crippen LogP contribution in [0.15, 0.2) is 107 Å². The smallest absolute Gasteiger partial charge is 0.849 e. The fourth-order valence-electron chi connectivity index (χ4n) is 4.61. The Kier molecular flexibility index (Phi) is 28.5. The van der Waals surface area contributed by atoms with Gasteiger partial charge in [-0.05, 0) is 100 Å². The molecule has 26 heteroatoms. The summed E-state index contributed by atoms with van der Waals surface area (Å²) >= 11 is 17.3. The van der Waals surface area contributed by atoms with E-state index in [0.29, 0.717) is 49.0 Å². The molecular formula is C40H48Cl3LiN4O16P2. The van der Waals surface area contributed by atoms with Crippen molar-refractivity contribution in [3.8, 4) is 11.5 Å². The number of benzene rings is 2. The first kappa shape index (κ1) is 59.6. The number of carbonyl (C=O) groups excluding carboxylic acids is 2. The molecule has 66 heavy (non-hydrogen) atoms. The van der Waals surface area contributed by atoms with Crippen LogP contribution >= 0.6 is 49.1 Å². The molecule has 0 N–H and O–H groups in total. The molecule has 4 aromatic rings. The fourth-order valence-corrected chi connectivity index (χ4v) is 7.81. The van der Waals surface area contributed by atoms with Gasteiger partial charge in [-0.15, -0.1) is 23.2 Å². The van der Waals surface area contributed by atoms with Gasteiger partial charge in [-0.1, -0.05) is 31.9 Å². The van der Waals surface area contributed by atoms with Gasteiger partial charge in [0.2, 0.25) is 0 Å². The molecule has 2 aromatic heterocycles. The van der Waals surface area contributed by atoms with Crippen molar-refractivity contribution in [3.63, 3.8) is 0 Å². The van der Waals surface area contributed by atoms with E-state index < -0.39 is 48.9 Å². The molecule has 4 rings (SSSR count). The van der Waals surface area contributed by atoms with Crippen LogP contribution in [0, 0.1) is 20.2 Å². The Morgan fingerprint density at radius 3 is 1.52 bits per heavy atom. The van der Waals surface area contributed by atoms with E-state index in [2.05, 4.69) is 17.6 Å². The molecule has 0 aliphatic heterocycles. The van der Waals surface area contributed by atoms with Gasteiger partial charge in [0.15, 0.2) is 0 Å². The van der Waals surface area contributed by atoms with Gasteiger partial charge in [0, 0.05) is 36.1 Å². The number of unbranched alkanes of at least 4 members (excludes halogenated alkanes) is 2. The van der Waals surface area contributed by atoms with Crippen LogP contribution in [0.3, 0.4) is 0 Å². The summed E-state index contributed by atoms with van der Waals surface area (Å²) in [5.41, 5.74) is 0.646. The standard InChI is InChI=1S/C20H24ClN2O8P.C15H20Cl2NO4P.C5H4NO4.Li/c1-3-14-28-20(24)16-6-8-17(9-7-16)31-32(27,22(2)13-5-4-12-21)29-15-18-10-11-19(30-18)23(25)26;1-3-12-21-15(19)13-6-8-14(9-7-13)22-23(17,20)18(2)11-5-4-10-16;7-3-4-1-2-5(10-4)6(8)9;/h3,6-11H,1,4-5,12-15H2,2H3;3,6-9H,1,4-5,10-12H2,2H3;1-2H,3H2;/q;;-1;+1. The SMILES string of the molecule is C=CCOC(=O)c1ccc(OP(=O)(Cl)N(C)CCCCCl)cc1.C=CCOC(=O)c1ccc(OP(=O)(OCc2ccc([N+](=O)[O-])o2)N(C)CCCCCl)cc1.O=[N+]([O-])c1ccc(C[O-])o1.[Li+]. The topological polar surface area (TPSA) is 257 Å². The van der Waals surface area contributed by atoms with Crippen molar-refractivity contribution in [1.82, 2.24) is 9.34 Å². The van der Waals surface area contributed by atoms with Crippen LogP contribution in [0.5, 0.6) is 11.5 Å². The first-order valence-corrected chi connectivity index (χ1v) is 24.3. The Labute approximate surface area is 408 Å². The Morgan fingerprint density at radius 1 is 0.697 bits per heavy atom. The van der Waals surface area contributed by atoms with E-state index in [1.54, 1.807) is 14.1 Å². The average molecular weight is 1020 g/mol. The van der Waals surface area contributed by atoms with Gasteiger partial charge >= 0.3 is 57.2 Å². The molecule has 2 atom stereocenters. The van der Waals surface area contributed by atoms with Crippen molar-refractivity contribution in [2.75, 3.05) is 52.2 Å². The van der Waals surface area contributed by atoms with E-state index in [4.69, 9.17) is 61.9 Å². The molecule has 0 saturated carbocycles. The molecule has 0 aliphatic rings. The second kappa shape index (κ2) is 31.5. The van der Waals surface area contributed by atoms with Gasteiger partial charge in [-0.2, -0.15) is 0 Å². The quantitative estimate of drug-likeness (QED) is 0.00901. The summed E-state index contributed by atoms with van der Waals surface area (Å²) in [6.07, 6.45) is 5.88. The number of nitro groups is 2. The first-order chi connectivity index (χ1) is 30.9. The van der Waals surface area contributed by atoms with Gasteiger partial charge in [-0.3, -0.25) is 24.8 Å². The normalized spacial score (nSPS) is 12.4. The average Bonchev–Trinajstić information content (AvgIpc) is 3.99. The van der Waals surface area contributed by atoms with Gasteiger partial charge in [0.05, 0.1) is 29.0 Å². The number of esters is 2. The monoisotopic (exact) mass is 1010 g/mol. The van der Waals surface area contributed by atoms with E-state index in [9.17, 15) is 44.1 Å². The third-order valence-electron chi connectivity index (χ3n) is 8.01. The second-order valence-corrected chi connectivity index (χ2v) is 18.8. The van der Waals surface area contributed by atoms with Gasteiger partial charge < -0.3 is 32.5 Å². The molecule has 2 aromatic carbocycles. The maximum Gasteiger partial charge on any atom is 1.00 e. The summed E-state index contributed by atoms with van der Waals surface area (Å²) < 4.78 is 64.8. The van der Waals surface area contributed by atoms with Crippen LogP contribution in [-0.2, 0) is 36.3 Å². The molecule has 2 unspecified atom stereocenters. The molecule has 0 bridgehead atoms. The predicted octanol–water partition coefficient (Wildman–Crippen LogP) is 6.94. The first-order valence-electron chi connectivity index (χ1n) is 19.2. The van der Waals surface area contributed by atoms with Crippen molar-refractivity contribution in [1.29, 1.82) is 0 Å². The molecule has 0 amide bonds. The number of ether oxygens (including phenoxy) is 2. The number of rotatable bonds is 26. The summed E-state index contributed by atoms with van der Waals surface area (Å²) in [7, 11) is -0.680. The number of nitrogens with zero attached hydrogens (tertiary/aromatic N) is 4. The minimum absolute atomic E-state index is 0. The van der Waals surface area contributed by atoms with Crippen LogP contribution in [0.25, 0.3) is 0 Å². The zero-order chi connectivity index (χ0) is 48.4. The number of hydrogen-bond acceptors (Lipinski definition) is 16. The second-order valence-electron chi connectivity index (χ2n) is 12.9. The number of alkyl halides is 2. The van der Waals surface area contributed by atoms with Crippen LogP contribution in [-0.4, -0.2) is 83.3 Å². The van der Waals surface area contributed by atoms with Crippen molar-refractivity contribution in [2.24, 2.45) is 0 Å². The maximum atomic E-state index is 13.5. The molecule has 0 saturated heterocycles. The fraction of sp³-hybridized carbons (Fsp3) is 0.350. The van der Waals surface area contributed by atoms with E-state index in [0.717, 1.165) is 18.9 Å². The van der Waals surface area contributed by atoms with Crippen LogP contribution in [0.1, 0.15) is 57.9 Å². The Hall–Kier alpha value is -4.41. The Bertz CT molecular complexity index is 2230. The molecule has 0 spiro atoms. The molecule has 0 radical (unpaired) electrons. The van der Waals surface area contributed by atoms with Crippen LogP contribution in [0.2, 0.25) is 0 Å². The van der Waals surface area contributed by atoms with E-state index in [1.165, 1.54) is 88.2 Å². The van der Waals surface area contributed by atoms with Crippen LogP contribution in [0.4, 0.5) is 11.8 Å². The summed E-state index contributed by atoms with van der Waals surface area (Å²) in [6, 6.07) is 16.9. The molecule has 0 fully saturated rings. The molecule has 2 heterocycles. The van der Waals surface area contributed by atoms with Crippen molar-refractivity contribution in [3.05, 3.63) is 141 Å². The third kappa shape index (κ3) is 21.5. The number of hydrogen-bond donors (Lipinski definition) is 0. The minimum atomic E-state index is -3.88.